The lowest BCUT2D eigenvalue weighted by Crippen LogP contribution is -2.25. The summed E-state index contributed by atoms with van der Waals surface area (Å²) in [4.78, 5) is 18.9. The molecule has 0 aliphatic carbocycles. The zero-order chi connectivity index (χ0) is 17.5. The predicted octanol–water partition coefficient (Wildman–Crippen LogP) is 0.250. The number of carboxylic acids is 1. The van der Waals surface area contributed by atoms with Crippen LogP contribution in [-0.4, -0.2) is 34.0 Å². The van der Waals surface area contributed by atoms with Crippen molar-refractivity contribution >= 4 is 39.1 Å². The second-order valence-electron chi connectivity index (χ2n) is 4.83. The van der Waals surface area contributed by atoms with E-state index in [0.717, 1.165) is 5.56 Å². The fraction of sp³-hybridized carbons (Fsp3) is 0.0769. The first-order valence-electron chi connectivity index (χ1n) is 6.49. The number of hydrogen-bond acceptors (Lipinski definition) is 7. The number of nitrogens with one attached hydrogen (secondary N) is 1. The first-order valence-corrected chi connectivity index (χ1v) is 8.36. The highest BCUT2D eigenvalue weighted by Gasteiger charge is 2.23. The van der Waals surface area contributed by atoms with Gasteiger partial charge in [0, 0.05) is 18.0 Å². The van der Waals surface area contributed by atoms with Crippen molar-refractivity contribution in [2.24, 2.45) is 0 Å². The molecule has 11 heteroatoms. The number of aromatic nitrogens is 4. The number of para-hydroxylation sites is 1. The van der Waals surface area contributed by atoms with Crippen LogP contribution in [0.5, 0.6) is 0 Å². The Labute approximate surface area is 141 Å². The molecular formula is C13H9ClN5O4S-. The van der Waals surface area contributed by atoms with E-state index in [0.29, 0.717) is 0 Å². The Morgan fingerprint density at radius 1 is 1.38 bits per heavy atom. The summed E-state index contributed by atoms with van der Waals surface area (Å²) in [5.74, 6) is -1.49. The number of halogens is 1. The Hall–Kier alpha value is -2.72. The number of nitrogens with zero attached hydrogens (tertiary/aromatic N) is 4. The zero-order valence-corrected chi connectivity index (χ0v) is 13.7. The molecule has 124 valence electrons. The molecule has 0 amide bonds. The van der Waals surface area contributed by atoms with Gasteiger partial charge in [-0.15, -0.1) is 5.10 Å². The van der Waals surface area contributed by atoms with Crippen LogP contribution in [0, 0.1) is 6.92 Å². The molecule has 2 heterocycles. The summed E-state index contributed by atoms with van der Waals surface area (Å²) in [6.45, 7) is 1.76. The summed E-state index contributed by atoms with van der Waals surface area (Å²) in [6.07, 6.45) is 3.06. The third kappa shape index (κ3) is 2.88. The fourth-order valence-electron chi connectivity index (χ4n) is 1.95. The fourth-order valence-corrected chi connectivity index (χ4v) is 3.20. The lowest BCUT2D eigenvalue weighted by atomic mass is 10.2. The monoisotopic (exact) mass is 366 g/mol. The van der Waals surface area contributed by atoms with Crippen LogP contribution in [0.25, 0.3) is 5.78 Å². The van der Waals surface area contributed by atoms with Gasteiger partial charge >= 0.3 is 0 Å². The Bertz CT molecular complexity index is 1060. The van der Waals surface area contributed by atoms with Crippen LogP contribution >= 0.6 is 11.6 Å². The minimum absolute atomic E-state index is 0.0836. The average molecular weight is 367 g/mol. The molecule has 0 saturated heterocycles. The van der Waals surface area contributed by atoms with Crippen molar-refractivity contribution < 1.29 is 18.3 Å². The minimum atomic E-state index is -4.28. The highest BCUT2D eigenvalue weighted by atomic mass is 35.5. The molecular weight excluding hydrogens is 358 g/mol. The molecule has 3 rings (SSSR count). The molecule has 2 aromatic heterocycles. The van der Waals surface area contributed by atoms with Gasteiger partial charge in [0.25, 0.3) is 21.0 Å². The first kappa shape index (κ1) is 16.1. The zero-order valence-electron chi connectivity index (χ0n) is 12.1. The predicted molar refractivity (Wildman–Crippen MR) is 82.1 cm³/mol. The number of rotatable bonds is 4. The highest BCUT2D eigenvalue weighted by molar-refractivity contribution is 7.92. The van der Waals surface area contributed by atoms with Crippen LogP contribution in [0.15, 0.2) is 35.7 Å². The van der Waals surface area contributed by atoms with E-state index >= 15 is 0 Å². The van der Waals surface area contributed by atoms with Gasteiger partial charge in [-0.05, 0) is 18.6 Å². The van der Waals surface area contributed by atoms with Gasteiger partial charge in [-0.25, -0.2) is 9.50 Å². The molecule has 0 spiro atoms. The van der Waals surface area contributed by atoms with E-state index < -0.39 is 26.7 Å². The maximum atomic E-state index is 12.4. The number of aryl methyl sites for hydroxylation is 1. The van der Waals surface area contributed by atoms with E-state index in [9.17, 15) is 18.3 Å². The number of aromatic carboxylic acids is 1. The van der Waals surface area contributed by atoms with Crippen LogP contribution in [0.4, 0.5) is 5.69 Å². The molecule has 1 aromatic carbocycles. The molecule has 0 atom stereocenters. The Kier molecular flexibility index (Phi) is 3.85. The van der Waals surface area contributed by atoms with E-state index in [4.69, 9.17) is 11.6 Å². The van der Waals surface area contributed by atoms with Crippen LogP contribution in [0.2, 0.25) is 5.02 Å². The van der Waals surface area contributed by atoms with Crippen LogP contribution in [-0.2, 0) is 10.0 Å². The minimum Gasteiger partial charge on any atom is -0.545 e. The SMILES string of the molecule is Cc1cnc2nc(S(=O)(=O)Nc3c(Cl)cccc3C(=O)[O-])nn2c1. The smallest absolute Gasteiger partial charge is 0.299 e. The summed E-state index contributed by atoms with van der Waals surface area (Å²) in [6, 6.07) is 3.87. The Balaban J connectivity index is 2.07. The van der Waals surface area contributed by atoms with Crippen molar-refractivity contribution in [3.63, 3.8) is 0 Å². The number of hydrogen-bond donors (Lipinski definition) is 1. The lowest BCUT2D eigenvalue weighted by Gasteiger charge is -2.13. The summed E-state index contributed by atoms with van der Waals surface area (Å²) in [5, 5.41) is 14.3. The van der Waals surface area contributed by atoms with Crippen molar-refractivity contribution in [2.75, 3.05) is 4.72 Å². The highest BCUT2D eigenvalue weighted by Crippen LogP contribution is 2.27. The van der Waals surface area contributed by atoms with Crippen molar-refractivity contribution in [1.82, 2.24) is 19.6 Å². The second kappa shape index (κ2) is 5.73. The molecule has 0 bridgehead atoms. The average Bonchev–Trinajstić information content (AvgIpc) is 2.92. The molecule has 0 radical (unpaired) electrons. The topological polar surface area (TPSA) is 129 Å². The third-order valence-corrected chi connectivity index (χ3v) is 4.46. The quantitative estimate of drug-likeness (QED) is 0.700. The maximum Gasteiger partial charge on any atom is 0.299 e. The van der Waals surface area contributed by atoms with Gasteiger partial charge in [-0.1, -0.05) is 23.7 Å². The second-order valence-corrected chi connectivity index (χ2v) is 6.81. The number of anilines is 1. The van der Waals surface area contributed by atoms with Crippen molar-refractivity contribution in [3.8, 4) is 0 Å². The van der Waals surface area contributed by atoms with Gasteiger partial charge in [0.15, 0.2) is 0 Å². The van der Waals surface area contributed by atoms with E-state index in [2.05, 4.69) is 19.8 Å². The van der Waals surface area contributed by atoms with E-state index in [1.165, 1.54) is 28.9 Å². The summed E-state index contributed by atoms with van der Waals surface area (Å²) >= 11 is 5.89. The summed E-state index contributed by atoms with van der Waals surface area (Å²) in [5.41, 5.74) is 0.0422. The molecule has 0 fully saturated rings. The summed E-state index contributed by atoms with van der Waals surface area (Å²) < 4.78 is 28.2. The molecule has 9 nitrogen and oxygen atoms in total. The van der Waals surface area contributed by atoms with Crippen molar-refractivity contribution in [1.29, 1.82) is 0 Å². The molecule has 0 unspecified atom stereocenters. The van der Waals surface area contributed by atoms with Gasteiger partial charge in [0.1, 0.15) is 0 Å². The number of fused-ring (bicyclic) bond motifs is 1. The first-order chi connectivity index (χ1) is 11.3. The lowest BCUT2D eigenvalue weighted by molar-refractivity contribution is -0.254. The van der Waals surface area contributed by atoms with Gasteiger partial charge in [0.2, 0.25) is 0 Å². The maximum absolute atomic E-state index is 12.4. The van der Waals surface area contributed by atoms with Crippen molar-refractivity contribution in [2.45, 2.75) is 12.1 Å². The van der Waals surface area contributed by atoms with Crippen LogP contribution < -0.4 is 9.83 Å². The van der Waals surface area contributed by atoms with E-state index in [-0.39, 0.29) is 16.5 Å². The summed E-state index contributed by atoms with van der Waals surface area (Å²) in [7, 11) is -4.28. The number of benzene rings is 1. The van der Waals surface area contributed by atoms with Crippen LogP contribution in [0.1, 0.15) is 15.9 Å². The molecule has 0 saturated carbocycles. The number of carboxylic acid groups (broad SMARTS) is 1. The van der Waals surface area contributed by atoms with Gasteiger partial charge in [-0.3, -0.25) is 4.72 Å². The van der Waals surface area contributed by atoms with E-state index in [1.54, 1.807) is 13.1 Å². The number of sulfonamides is 1. The number of carbonyl (C=O) groups excluding carboxylic acids is 1. The largest absolute Gasteiger partial charge is 0.545 e. The molecule has 1 N–H and O–H groups in total. The molecule has 0 aliphatic rings. The van der Waals surface area contributed by atoms with Gasteiger partial charge in [-0.2, -0.15) is 13.4 Å². The molecule has 0 aliphatic heterocycles. The standard InChI is InChI=1S/C13H10ClN5O4S/c1-7-5-15-12-16-13(17-19(12)6-7)24(22,23)18-10-8(11(20)21)3-2-4-9(10)14/h2-6,18H,1H3,(H,20,21)/p-1. The molecule has 24 heavy (non-hydrogen) atoms. The normalized spacial score (nSPS) is 11.6. The van der Waals surface area contributed by atoms with Gasteiger partial charge < -0.3 is 9.90 Å². The third-order valence-electron chi connectivity index (χ3n) is 3.01. The Morgan fingerprint density at radius 2 is 2.12 bits per heavy atom. The van der Waals surface area contributed by atoms with E-state index in [1.807, 2.05) is 0 Å². The number of carbonyl (C=O) groups is 1. The van der Waals surface area contributed by atoms with Gasteiger partial charge in [0.05, 0.1) is 16.7 Å². The Morgan fingerprint density at radius 3 is 2.83 bits per heavy atom. The van der Waals surface area contributed by atoms with Crippen molar-refractivity contribution in [3.05, 3.63) is 46.7 Å². The van der Waals surface area contributed by atoms with Crippen LogP contribution in [0.3, 0.4) is 0 Å². The molecule has 3 aromatic rings.